The fraction of sp³-hybridized carbons (Fsp3) is 0.261. The number of nitrogens with one attached hydrogen (secondary N) is 1. The first-order chi connectivity index (χ1) is 13.8. The summed E-state index contributed by atoms with van der Waals surface area (Å²) in [5.74, 6) is 2.23. The van der Waals surface area contributed by atoms with E-state index in [-0.39, 0.29) is 17.0 Å². The molecule has 0 bridgehead atoms. The molecule has 0 amide bonds. The Morgan fingerprint density at radius 2 is 1.83 bits per heavy atom. The smallest absolute Gasteiger partial charge is 0.262 e. The standard InChI is InChI=1S/C23H23BrN3O.BrH/c1-28-20-12-7-6-11-18(20)27-15-19(26-14-8-2-3-13-21(26)27)23-22(24)16-9-4-5-10-17(16)25-23;/h4-7,9-12,15,25H,2-3,8,13-14H2,1H3;1H/q+1;/p-1. The zero-order valence-electron chi connectivity index (χ0n) is 16.3. The number of H-pyrrole nitrogens is 1. The van der Waals surface area contributed by atoms with E-state index < -0.39 is 0 Å². The predicted octanol–water partition coefficient (Wildman–Crippen LogP) is 2.41. The highest BCUT2D eigenvalue weighted by atomic mass is 79.9. The van der Waals surface area contributed by atoms with Crippen molar-refractivity contribution >= 4 is 26.8 Å². The number of hydrogen-bond donors (Lipinski definition) is 1. The van der Waals surface area contributed by atoms with Gasteiger partial charge in [0.15, 0.2) is 17.1 Å². The highest BCUT2D eigenvalue weighted by molar-refractivity contribution is 9.10. The van der Waals surface area contributed by atoms with Crippen molar-refractivity contribution in [3.8, 4) is 22.8 Å². The second kappa shape index (κ2) is 8.36. The number of nitrogens with zero attached hydrogens (tertiary/aromatic N) is 2. The molecule has 0 fully saturated rings. The van der Waals surface area contributed by atoms with Gasteiger partial charge in [0.1, 0.15) is 11.9 Å². The molecule has 6 heteroatoms. The Morgan fingerprint density at radius 1 is 1.03 bits per heavy atom. The van der Waals surface area contributed by atoms with Gasteiger partial charge in [-0.2, -0.15) is 4.57 Å². The first-order valence-corrected chi connectivity index (χ1v) is 10.6. The second-order valence-electron chi connectivity index (χ2n) is 7.29. The molecule has 0 spiro atoms. The van der Waals surface area contributed by atoms with Crippen molar-refractivity contribution < 1.29 is 26.3 Å². The van der Waals surface area contributed by atoms with Crippen molar-refractivity contribution in [2.45, 2.75) is 32.2 Å². The molecule has 0 atom stereocenters. The minimum absolute atomic E-state index is 0. The van der Waals surface area contributed by atoms with Crippen molar-refractivity contribution in [3.63, 3.8) is 0 Å². The number of para-hydroxylation sites is 3. The summed E-state index contributed by atoms with van der Waals surface area (Å²) in [7, 11) is 1.74. The van der Waals surface area contributed by atoms with Gasteiger partial charge < -0.3 is 26.7 Å². The van der Waals surface area contributed by atoms with Crippen molar-refractivity contribution in [2.24, 2.45) is 0 Å². The number of rotatable bonds is 3. The van der Waals surface area contributed by atoms with Crippen LogP contribution in [0.25, 0.3) is 28.0 Å². The van der Waals surface area contributed by atoms with E-state index in [4.69, 9.17) is 4.74 Å². The monoisotopic (exact) mass is 515 g/mol. The average molecular weight is 517 g/mol. The van der Waals surface area contributed by atoms with E-state index in [0.29, 0.717) is 0 Å². The summed E-state index contributed by atoms with van der Waals surface area (Å²) < 4.78 is 11.6. The lowest BCUT2D eigenvalue weighted by Crippen LogP contribution is -3.00. The van der Waals surface area contributed by atoms with Crippen LogP contribution in [0.2, 0.25) is 0 Å². The molecule has 0 radical (unpaired) electrons. The molecular formula is C23H23Br2N3O. The number of aromatic nitrogens is 3. The van der Waals surface area contributed by atoms with Crippen molar-refractivity contribution in [3.05, 3.63) is 65.0 Å². The highest BCUT2D eigenvalue weighted by Crippen LogP contribution is 2.36. The average Bonchev–Trinajstić information content (AvgIpc) is 3.14. The van der Waals surface area contributed by atoms with Crippen LogP contribution in [0.1, 0.15) is 25.1 Å². The molecule has 1 N–H and O–H groups in total. The highest BCUT2D eigenvalue weighted by Gasteiger charge is 2.30. The van der Waals surface area contributed by atoms with E-state index in [1.54, 1.807) is 7.11 Å². The van der Waals surface area contributed by atoms with E-state index in [1.807, 2.05) is 12.1 Å². The van der Waals surface area contributed by atoms with Gasteiger partial charge in [-0.15, -0.1) is 0 Å². The Bertz CT molecular complexity index is 1160. The van der Waals surface area contributed by atoms with E-state index in [9.17, 15) is 0 Å². The summed E-state index contributed by atoms with van der Waals surface area (Å²) >= 11 is 3.85. The fourth-order valence-corrected chi connectivity index (χ4v) is 4.94. The lowest BCUT2D eigenvalue weighted by molar-refractivity contribution is -0.604. The third-order valence-electron chi connectivity index (χ3n) is 5.66. The molecule has 3 heterocycles. The molecule has 0 unspecified atom stereocenters. The van der Waals surface area contributed by atoms with Crippen LogP contribution in [-0.4, -0.2) is 16.7 Å². The van der Waals surface area contributed by atoms with Gasteiger partial charge in [0.25, 0.3) is 5.82 Å². The molecule has 150 valence electrons. The maximum absolute atomic E-state index is 5.66. The van der Waals surface area contributed by atoms with Crippen LogP contribution in [0.15, 0.2) is 59.2 Å². The lowest BCUT2D eigenvalue weighted by atomic mass is 10.2. The van der Waals surface area contributed by atoms with Gasteiger partial charge in [-0.05, 0) is 53.4 Å². The van der Waals surface area contributed by atoms with Crippen LogP contribution in [-0.2, 0) is 13.0 Å². The molecule has 0 aliphatic carbocycles. The SMILES string of the molecule is COc1ccccc1-[n+]1cc(-c2[nH]c3ccccc3c2Br)n2c1CCCCC2.[Br-]. The number of benzene rings is 2. The molecule has 4 aromatic rings. The Balaban J connectivity index is 0.00000205. The first kappa shape index (κ1) is 20.2. The first-order valence-electron chi connectivity index (χ1n) is 9.82. The number of fused-ring (bicyclic) bond motifs is 2. The van der Waals surface area contributed by atoms with Crippen LogP contribution in [0.4, 0.5) is 0 Å². The molecule has 5 rings (SSSR count). The van der Waals surface area contributed by atoms with Crippen molar-refractivity contribution in [1.29, 1.82) is 0 Å². The number of halogens is 2. The lowest BCUT2D eigenvalue weighted by Gasteiger charge is -2.06. The Labute approximate surface area is 189 Å². The fourth-order valence-electron chi connectivity index (χ4n) is 4.29. The van der Waals surface area contributed by atoms with Gasteiger partial charge in [-0.25, -0.2) is 4.57 Å². The topological polar surface area (TPSA) is 33.8 Å². The van der Waals surface area contributed by atoms with E-state index in [0.717, 1.165) is 40.1 Å². The number of ether oxygens (including phenoxy) is 1. The van der Waals surface area contributed by atoms with E-state index >= 15 is 0 Å². The van der Waals surface area contributed by atoms with Crippen LogP contribution in [0, 0.1) is 0 Å². The zero-order valence-corrected chi connectivity index (χ0v) is 19.5. The normalized spacial score (nSPS) is 13.6. The molecule has 4 nitrogen and oxygen atoms in total. The molecule has 29 heavy (non-hydrogen) atoms. The van der Waals surface area contributed by atoms with E-state index in [1.165, 1.54) is 36.2 Å². The van der Waals surface area contributed by atoms with Crippen LogP contribution in [0.5, 0.6) is 5.75 Å². The van der Waals surface area contributed by atoms with Crippen LogP contribution >= 0.6 is 15.9 Å². The minimum atomic E-state index is 0. The molecule has 1 aliphatic rings. The maximum atomic E-state index is 5.66. The molecule has 2 aromatic heterocycles. The summed E-state index contributed by atoms with van der Waals surface area (Å²) in [4.78, 5) is 3.63. The van der Waals surface area contributed by atoms with Gasteiger partial charge >= 0.3 is 0 Å². The van der Waals surface area contributed by atoms with Gasteiger partial charge in [0.2, 0.25) is 0 Å². The minimum Gasteiger partial charge on any atom is -1.00 e. The number of methoxy groups -OCH3 is 1. The molecule has 0 saturated heterocycles. The summed E-state index contributed by atoms with van der Waals surface area (Å²) in [5, 5.41) is 1.21. The number of imidazole rings is 1. The van der Waals surface area contributed by atoms with Gasteiger partial charge in [0.05, 0.1) is 18.1 Å². The van der Waals surface area contributed by atoms with Crippen molar-refractivity contribution in [2.75, 3.05) is 7.11 Å². The molecule has 1 aliphatic heterocycles. The van der Waals surface area contributed by atoms with Crippen molar-refractivity contribution in [1.82, 2.24) is 9.55 Å². The summed E-state index contributed by atoms with van der Waals surface area (Å²) in [6, 6.07) is 16.7. The Hall–Kier alpha value is -2.05. The molecule has 2 aromatic carbocycles. The summed E-state index contributed by atoms with van der Waals surface area (Å²) in [6.45, 7) is 1.04. The van der Waals surface area contributed by atoms with E-state index in [2.05, 4.69) is 72.6 Å². The third kappa shape index (κ3) is 3.42. The molecule has 0 saturated carbocycles. The van der Waals surface area contributed by atoms with Gasteiger partial charge in [-0.3, -0.25) is 0 Å². The predicted molar refractivity (Wildman–Crippen MR) is 115 cm³/mol. The van der Waals surface area contributed by atoms with Crippen LogP contribution < -0.4 is 26.3 Å². The largest absolute Gasteiger partial charge is 1.00 e. The zero-order chi connectivity index (χ0) is 19.1. The Morgan fingerprint density at radius 3 is 2.66 bits per heavy atom. The van der Waals surface area contributed by atoms with Gasteiger partial charge in [-0.1, -0.05) is 30.3 Å². The third-order valence-corrected chi connectivity index (χ3v) is 6.48. The van der Waals surface area contributed by atoms with Gasteiger partial charge in [0, 0.05) is 17.3 Å². The number of hydrogen-bond acceptors (Lipinski definition) is 1. The summed E-state index contributed by atoms with van der Waals surface area (Å²) in [6.07, 6.45) is 7.01. The maximum Gasteiger partial charge on any atom is 0.262 e. The number of aromatic amines is 1. The Kier molecular flexibility index (Phi) is 5.83. The molecular weight excluding hydrogens is 494 g/mol. The quantitative estimate of drug-likeness (QED) is 0.417. The second-order valence-corrected chi connectivity index (χ2v) is 8.09. The van der Waals surface area contributed by atoms with Crippen LogP contribution in [0.3, 0.4) is 0 Å². The summed E-state index contributed by atoms with van der Waals surface area (Å²) in [5.41, 5.74) is 4.59.